The average molecular weight is 574 g/mol. The molecule has 7 nitrogen and oxygen atoms in total. The summed E-state index contributed by atoms with van der Waals surface area (Å²) < 4.78 is 20.1. The van der Waals surface area contributed by atoms with Crippen molar-refractivity contribution in [1.29, 1.82) is 5.26 Å². The first-order chi connectivity index (χ1) is 17.4. The number of hydrogen-bond donors (Lipinski definition) is 0. The first-order valence-electron chi connectivity index (χ1n) is 13.3. The summed E-state index contributed by atoms with van der Waals surface area (Å²) in [5.41, 5.74) is -1.68. The van der Waals surface area contributed by atoms with E-state index in [4.69, 9.17) is 18.1 Å². The number of β-lactam (4-membered cyclic amide) rings is 1. The van der Waals surface area contributed by atoms with Crippen molar-refractivity contribution >= 4 is 31.6 Å². The molecule has 1 heterocycles. The second-order valence-corrected chi connectivity index (χ2v) is 24.6. The molecule has 10 heteroatoms. The Hall–Kier alpha value is -1.59. The quantitative estimate of drug-likeness (QED) is 0.208. The second kappa shape index (κ2) is 10.8. The predicted octanol–water partition coefficient (Wildman–Crippen LogP) is 5.90. The highest BCUT2D eigenvalue weighted by atomic mass is 28.4. The van der Waals surface area contributed by atoms with Crippen molar-refractivity contribution in [3.63, 3.8) is 0 Å². The largest absolute Gasteiger partial charge is 0.411 e. The number of carbonyl (C=O) groups is 1. The smallest absolute Gasteiger partial charge is 0.278 e. The molecule has 1 fully saturated rings. The molecule has 5 atom stereocenters. The van der Waals surface area contributed by atoms with E-state index < -0.39 is 60.4 Å². The summed E-state index contributed by atoms with van der Waals surface area (Å²) in [5.74, 6) is -0.612. The molecule has 1 amide bonds. The molecule has 3 rings (SSSR count). The van der Waals surface area contributed by atoms with Crippen LogP contribution in [0.3, 0.4) is 0 Å². The van der Waals surface area contributed by atoms with Crippen LogP contribution in [0.1, 0.15) is 26.3 Å². The minimum absolute atomic E-state index is 0.218. The molecule has 0 saturated carbocycles. The zero-order chi connectivity index (χ0) is 28.7. The molecule has 0 N–H and O–H groups in total. The minimum Gasteiger partial charge on any atom is -0.411 e. The molecule has 209 valence electrons. The molecular formula is C28H45N2O5Si3. The minimum atomic E-state index is -2.21. The molecular weight excluding hydrogens is 529 g/mol. The Morgan fingerprint density at radius 1 is 1.03 bits per heavy atom. The Morgan fingerprint density at radius 3 is 2.11 bits per heavy atom. The highest BCUT2D eigenvalue weighted by Gasteiger charge is 2.72. The maximum absolute atomic E-state index is 13.6. The molecule has 1 unspecified atom stereocenters. The van der Waals surface area contributed by atoms with Crippen molar-refractivity contribution in [3.05, 3.63) is 48.0 Å². The van der Waals surface area contributed by atoms with Crippen LogP contribution in [0.25, 0.3) is 0 Å². The Morgan fingerprint density at radius 2 is 1.63 bits per heavy atom. The summed E-state index contributed by atoms with van der Waals surface area (Å²) in [6, 6.07) is 12.3. The van der Waals surface area contributed by atoms with Gasteiger partial charge in [0, 0.05) is 5.92 Å². The summed E-state index contributed by atoms with van der Waals surface area (Å²) in [5, 5.41) is 12.2. The number of hydroxylamine groups is 2. The molecule has 1 aromatic carbocycles. The third-order valence-corrected chi connectivity index (χ3v) is 9.25. The second-order valence-electron chi connectivity index (χ2n) is 13.6. The van der Waals surface area contributed by atoms with Gasteiger partial charge in [-0.25, -0.2) is 5.06 Å². The number of hydrogen-bond acceptors (Lipinski definition) is 6. The van der Waals surface area contributed by atoms with Crippen LogP contribution in [-0.4, -0.2) is 60.0 Å². The van der Waals surface area contributed by atoms with Gasteiger partial charge >= 0.3 is 0 Å². The van der Waals surface area contributed by atoms with Gasteiger partial charge in [-0.2, -0.15) is 5.26 Å². The maximum Gasteiger partial charge on any atom is 0.278 e. The van der Waals surface area contributed by atoms with Crippen molar-refractivity contribution < 1.29 is 22.9 Å². The van der Waals surface area contributed by atoms with E-state index in [-0.39, 0.29) is 12.5 Å². The summed E-state index contributed by atoms with van der Waals surface area (Å²) >= 11 is 0. The van der Waals surface area contributed by atoms with Crippen LogP contribution < -0.4 is 0 Å². The molecule has 1 radical (unpaired) electrons. The standard InChI is InChI=1S/C28H45N2O5Si3/c1-26(2,3)22-23(34-37(6,7)8)28(18-17-27(22,20-29)35-38(9,10)11)24(33-36(4)5)25(31)30(28)32-19-21-15-13-12-14-16-21/h12-18,22-24H,19H2,1-11H3/t22-,23+,24?,27-,28-/m1/s1. The van der Waals surface area contributed by atoms with E-state index in [0.717, 1.165) is 5.56 Å². The number of benzene rings is 1. The highest BCUT2D eigenvalue weighted by molar-refractivity contribution is 6.70. The fraction of sp³-hybridized carbons (Fsp3) is 0.643. The van der Waals surface area contributed by atoms with Crippen LogP contribution >= 0.6 is 0 Å². The van der Waals surface area contributed by atoms with Gasteiger partial charge in [0.15, 0.2) is 28.3 Å². The number of amides is 1. The van der Waals surface area contributed by atoms with E-state index in [1.807, 2.05) is 55.6 Å². The van der Waals surface area contributed by atoms with E-state index in [0.29, 0.717) is 0 Å². The van der Waals surface area contributed by atoms with Crippen molar-refractivity contribution in [3.8, 4) is 6.07 Å². The summed E-state index contributed by atoms with van der Waals surface area (Å²) in [6.45, 7) is 23.3. The van der Waals surface area contributed by atoms with Gasteiger partial charge in [-0.05, 0) is 69.4 Å². The van der Waals surface area contributed by atoms with Gasteiger partial charge in [0.25, 0.3) is 5.91 Å². The molecule has 2 aliphatic rings. The lowest BCUT2D eigenvalue weighted by atomic mass is 9.57. The lowest BCUT2D eigenvalue weighted by molar-refractivity contribution is -0.305. The van der Waals surface area contributed by atoms with Gasteiger partial charge in [0.1, 0.15) is 18.2 Å². The fourth-order valence-corrected chi connectivity index (χ4v) is 8.65. The Labute approximate surface area is 233 Å². The molecule has 1 aromatic rings. The topological polar surface area (TPSA) is 81.0 Å². The maximum atomic E-state index is 13.6. The molecule has 1 saturated heterocycles. The van der Waals surface area contributed by atoms with Crippen molar-refractivity contribution in [2.45, 2.75) is 103 Å². The lowest BCUT2D eigenvalue weighted by Gasteiger charge is -2.64. The first kappa shape index (κ1) is 30.9. The number of carbonyl (C=O) groups excluding carboxylic acids is 1. The van der Waals surface area contributed by atoms with Gasteiger partial charge in [0.05, 0.1) is 6.10 Å². The monoisotopic (exact) mass is 573 g/mol. The van der Waals surface area contributed by atoms with Crippen LogP contribution in [0.15, 0.2) is 42.5 Å². The van der Waals surface area contributed by atoms with Gasteiger partial charge in [-0.1, -0.05) is 57.2 Å². The van der Waals surface area contributed by atoms with Crippen LogP contribution in [0.2, 0.25) is 52.4 Å². The number of rotatable bonds is 9. The van der Waals surface area contributed by atoms with Crippen LogP contribution in [0.4, 0.5) is 0 Å². The first-order valence-corrected chi connectivity index (χ1v) is 22.6. The summed E-state index contributed by atoms with van der Waals surface area (Å²) in [4.78, 5) is 19.9. The Balaban J connectivity index is 2.24. The zero-order valence-corrected chi connectivity index (χ0v) is 27.9. The van der Waals surface area contributed by atoms with Gasteiger partial charge in [0.2, 0.25) is 9.04 Å². The van der Waals surface area contributed by atoms with Gasteiger partial charge < -0.3 is 13.3 Å². The van der Waals surface area contributed by atoms with Crippen molar-refractivity contribution in [2.75, 3.05) is 0 Å². The SMILES string of the molecule is C[Si](C)OC1C(=O)N(OCc2ccccc2)[C@@]12C=C[C@](C#N)(O[Si](C)(C)C)[C@@H](C(C)(C)C)[C@@H]2O[Si](C)(C)C. The summed E-state index contributed by atoms with van der Waals surface area (Å²) in [6.07, 6.45) is 2.46. The Bertz CT molecular complexity index is 1070. The molecule has 1 aliphatic heterocycles. The van der Waals surface area contributed by atoms with E-state index in [1.165, 1.54) is 5.06 Å². The predicted molar refractivity (Wildman–Crippen MR) is 156 cm³/mol. The normalized spacial score (nSPS) is 30.0. The molecule has 0 aromatic heterocycles. The van der Waals surface area contributed by atoms with Crippen LogP contribution in [0, 0.1) is 22.7 Å². The average Bonchev–Trinajstić information content (AvgIpc) is 2.76. The number of nitrogens with zero attached hydrogens (tertiary/aromatic N) is 2. The Kier molecular flexibility index (Phi) is 8.77. The molecule has 38 heavy (non-hydrogen) atoms. The highest BCUT2D eigenvalue weighted by Crippen LogP contribution is 2.55. The molecule has 1 aliphatic carbocycles. The van der Waals surface area contributed by atoms with E-state index in [1.54, 1.807) is 0 Å². The van der Waals surface area contributed by atoms with E-state index in [9.17, 15) is 10.1 Å². The van der Waals surface area contributed by atoms with E-state index in [2.05, 4.69) is 66.1 Å². The van der Waals surface area contributed by atoms with Crippen molar-refractivity contribution in [1.82, 2.24) is 5.06 Å². The summed E-state index contributed by atoms with van der Waals surface area (Å²) in [7, 11) is -5.62. The van der Waals surface area contributed by atoms with Crippen molar-refractivity contribution in [2.24, 2.45) is 11.3 Å². The van der Waals surface area contributed by atoms with Gasteiger partial charge in [-0.15, -0.1) is 0 Å². The van der Waals surface area contributed by atoms with E-state index >= 15 is 0 Å². The lowest BCUT2D eigenvalue weighted by Crippen LogP contribution is -2.83. The third kappa shape index (κ3) is 6.25. The third-order valence-electron chi connectivity index (χ3n) is 6.63. The zero-order valence-electron chi connectivity index (χ0n) is 24.9. The fourth-order valence-electron chi connectivity index (χ4n) is 5.55. The molecule has 0 bridgehead atoms. The molecule has 1 spiro atoms. The van der Waals surface area contributed by atoms with Crippen LogP contribution in [-0.2, 0) is 29.5 Å². The van der Waals surface area contributed by atoms with Crippen LogP contribution in [0.5, 0.6) is 0 Å². The number of nitriles is 1. The van der Waals surface area contributed by atoms with Gasteiger partial charge in [-0.3, -0.25) is 9.63 Å².